The van der Waals surface area contributed by atoms with E-state index in [1.807, 2.05) is 30.3 Å². The van der Waals surface area contributed by atoms with Gasteiger partial charge in [0.25, 0.3) is 5.91 Å². The summed E-state index contributed by atoms with van der Waals surface area (Å²) in [6.45, 7) is 0.543. The minimum Gasteiger partial charge on any atom is -0.389 e. The van der Waals surface area contributed by atoms with E-state index in [0.29, 0.717) is 29.1 Å². The Morgan fingerprint density at radius 3 is 2.81 bits per heavy atom. The van der Waals surface area contributed by atoms with Crippen LogP contribution in [0.3, 0.4) is 0 Å². The second kappa shape index (κ2) is 7.35. The van der Waals surface area contributed by atoms with Crippen molar-refractivity contribution in [2.45, 2.75) is 25.4 Å². The number of carbonyl (C=O) groups excluding carboxylic acids is 1. The number of nitrogens with zero attached hydrogens (tertiary/aromatic N) is 3. The fraction of sp³-hybridized carbons (Fsp3) is 0.333. The van der Waals surface area contributed by atoms with E-state index in [1.54, 1.807) is 6.07 Å². The fourth-order valence-electron chi connectivity index (χ4n) is 3.05. The second-order valence-electron chi connectivity index (χ2n) is 6.38. The quantitative estimate of drug-likeness (QED) is 0.692. The molecule has 7 nitrogen and oxygen atoms in total. The molecule has 0 radical (unpaired) electrons. The summed E-state index contributed by atoms with van der Waals surface area (Å²) in [6, 6.07) is 11.2. The maximum Gasteiger partial charge on any atom is 0.273 e. The van der Waals surface area contributed by atoms with Crippen LogP contribution in [0.2, 0.25) is 0 Å². The molecule has 1 aliphatic rings. The van der Waals surface area contributed by atoms with E-state index >= 15 is 0 Å². The number of nitrogens with one attached hydrogen (secondary N) is 1. The number of amides is 1. The summed E-state index contributed by atoms with van der Waals surface area (Å²) in [7, 11) is 0. The average Bonchev–Trinajstić information content (AvgIpc) is 3.31. The van der Waals surface area contributed by atoms with E-state index in [0.717, 1.165) is 23.4 Å². The zero-order chi connectivity index (χ0) is 17.9. The van der Waals surface area contributed by atoms with E-state index in [-0.39, 0.29) is 18.2 Å². The molecule has 1 saturated carbocycles. The Labute approximate surface area is 154 Å². The van der Waals surface area contributed by atoms with Crippen LogP contribution in [0, 0.1) is 5.92 Å². The summed E-state index contributed by atoms with van der Waals surface area (Å²) >= 11 is 1.46. The Kier molecular flexibility index (Phi) is 4.77. The number of aliphatic hydroxyl groups is 1. The molecular formula is C18H18N4O3S. The molecule has 0 saturated heterocycles. The smallest absolute Gasteiger partial charge is 0.273 e. The number of carbonyl (C=O) groups is 1. The van der Waals surface area contributed by atoms with Crippen LogP contribution in [0.1, 0.15) is 39.3 Å². The van der Waals surface area contributed by atoms with Gasteiger partial charge in [-0.25, -0.2) is 0 Å². The minimum atomic E-state index is -0.224. The monoisotopic (exact) mass is 370 g/mol. The third-order valence-corrected chi connectivity index (χ3v) is 5.63. The molecule has 3 aromatic rings. The third kappa shape index (κ3) is 3.51. The van der Waals surface area contributed by atoms with Gasteiger partial charge in [0, 0.05) is 24.1 Å². The number of aliphatic hydroxyl groups excluding tert-OH is 1. The normalized spacial score (nSPS) is 19.1. The molecule has 1 aliphatic carbocycles. The van der Waals surface area contributed by atoms with E-state index in [2.05, 4.69) is 20.7 Å². The standard InChI is InChI=1S/C18H18N4O3S/c23-10-16-20-21-18(26-16)13-6-11(7-13)9-19-17(24)14-8-15(25-22-14)12-4-2-1-3-5-12/h1-5,8,11,13,23H,6-7,9-10H2,(H,19,24)/t11-,13-. The number of rotatable bonds is 6. The Bertz CT molecular complexity index is 887. The predicted molar refractivity (Wildman–Crippen MR) is 95.6 cm³/mol. The van der Waals surface area contributed by atoms with Gasteiger partial charge in [0.05, 0.1) is 6.61 Å². The molecule has 1 fully saturated rings. The van der Waals surface area contributed by atoms with Crippen molar-refractivity contribution in [3.05, 3.63) is 52.1 Å². The van der Waals surface area contributed by atoms with Crippen LogP contribution in [-0.4, -0.2) is 32.9 Å². The summed E-state index contributed by atoms with van der Waals surface area (Å²) in [5.74, 6) is 1.16. The van der Waals surface area contributed by atoms with Gasteiger partial charge >= 0.3 is 0 Å². The van der Waals surface area contributed by atoms with Crippen LogP contribution in [0.4, 0.5) is 0 Å². The molecule has 1 aromatic carbocycles. The SMILES string of the molecule is O=C(NC[C@H]1C[C@H](c2nnc(CO)s2)C1)c1cc(-c2ccccc2)on1. The topological polar surface area (TPSA) is 101 Å². The second-order valence-corrected chi connectivity index (χ2v) is 7.47. The van der Waals surface area contributed by atoms with Crippen molar-refractivity contribution in [1.29, 1.82) is 0 Å². The lowest BCUT2D eigenvalue weighted by Gasteiger charge is -2.33. The molecule has 0 bridgehead atoms. The van der Waals surface area contributed by atoms with Crippen molar-refractivity contribution in [3.63, 3.8) is 0 Å². The average molecular weight is 370 g/mol. The van der Waals surface area contributed by atoms with Gasteiger partial charge in [0.1, 0.15) is 10.0 Å². The van der Waals surface area contributed by atoms with Gasteiger partial charge in [0.2, 0.25) is 0 Å². The molecule has 1 amide bonds. The molecule has 2 heterocycles. The van der Waals surface area contributed by atoms with Crippen LogP contribution in [0.15, 0.2) is 40.9 Å². The number of hydrogen-bond acceptors (Lipinski definition) is 7. The zero-order valence-corrected chi connectivity index (χ0v) is 14.8. The molecule has 0 atom stereocenters. The first-order valence-electron chi connectivity index (χ1n) is 8.46. The van der Waals surface area contributed by atoms with Crippen LogP contribution < -0.4 is 5.32 Å². The van der Waals surface area contributed by atoms with E-state index < -0.39 is 0 Å². The lowest BCUT2D eigenvalue weighted by molar-refractivity contribution is 0.0926. The molecule has 8 heteroatoms. The van der Waals surface area contributed by atoms with Gasteiger partial charge in [-0.15, -0.1) is 10.2 Å². The molecule has 0 unspecified atom stereocenters. The highest BCUT2D eigenvalue weighted by Crippen LogP contribution is 2.42. The molecule has 0 spiro atoms. The third-order valence-electron chi connectivity index (χ3n) is 4.56. The molecular weight excluding hydrogens is 352 g/mol. The van der Waals surface area contributed by atoms with Crippen LogP contribution >= 0.6 is 11.3 Å². The van der Waals surface area contributed by atoms with Gasteiger partial charge in [-0.3, -0.25) is 4.79 Å². The summed E-state index contributed by atoms with van der Waals surface area (Å²) in [5.41, 5.74) is 1.18. The Morgan fingerprint density at radius 1 is 1.27 bits per heavy atom. The highest BCUT2D eigenvalue weighted by atomic mass is 32.1. The molecule has 2 aromatic heterocycles. The van der Waals surface area contributed by atoms with E-state index in [1.165, 1.54) is 11.3 Å². The highest BCUT2D eigenvalue weighted by molar-refractivity contribution is 7.11. The lowest BCUT2D eigenvalue weighted by atomic mass is 9.75. The van der Waals surface area contributed by atoms with Crippen LogP contribution in [0.5, 0.6) is 0 Å². The molecule has 2 N–H and O–H groups in total. The first kappa shape index (κ1) is 16.9. The molecule has 26 heavy (non-hydrogen) atoms. The van der Waals surface area contributed by atoms with Crippen molar-refractivity contribution < 1.29 is 14.4 Å². The van der Waals surface area contributed by atoms with Gasteiger partial charge < -0.3 is 14.9 Å². The van der Waals surface area contributed by atoms with E-state index in [9.17, 15) is 4.79 Å². The van der Waals surface area contributed by atoms with Gasteiger partial charge in [-0.05, 0) is 18.8 Å². The zero-order valence-electron chi connectivity index (χ0n) is 14.0. The summed E-state index contributed by atoms with van der Waals surface area (Å²) < 4.78 is 5.26. The van der Waals surface area contributed by atoms with Crippen LogP contribution in [-0.2, 0) is 6.61 Å². The minimum absolute atomic E-state index is 0.0630. The molecule has 0 aliphatic heterocycles. The maximum atomic E-state index is 12.2. The predicted octanol–water partition coefficient (Wildman–Crippen LogP) is 2.61. The number of benzene rings is 1. The van der Waals surface area contributed by atoms with Gasteiger partial charge in [-0.2, -0.15) is 0 Å². The molecule has 4 rings (SSSR count). The Balaban J connectivity index is 1.27. The largest absolute Gasteiger partial charge is 0.389 e. The van der Waals surface area contributed by atoms with Crippen molar-refractivity contribution in [3.8, 4) is 11.3 Å². The fourth-order valence-corrected chi connectivity index (χ4v) is 3.88. The van der Waals surface area contributed by atoms with Crippen LogP contribution in [0.25, 0.3) is 11.3 Å². The number of hydrogen-bond donors (Lipinski definition) is 2. The van der Waals surface area contributed by atoms with E-state index in [4.69, 9.17) is 9.63 Å². The van der Waals surface area contributed by atoms with Gasteiger partial charge in [-0.1, -0.05) is 46.8 Å². The first-order chi connectivity index (χ1) is 12.7. The van der Waals surface area contributed by atoms with Crippen molar-refractivity contribution in [1.82, 2.24) is 20.7 Å². The first-order valence-corrected chi connectivity index (χ1v) is 9.28. The van der Waals surface area contributed by atoms with Crippen molar-refractivity contribution in [2.24, 2.45) is 5.92 Å². The van der Waals surface area contributed by atoms with Gasteiger partial charge in [0.15, 0.2) is 11.5 Å². The summed E-state index contributed by atoms with van der Waals surface area (Å²) in [6.07, 6.45) is 1.93. The summed E-state index contributed by atoms with van der Waals surface area (Å²) in [5, 5.41) is 25.5. The number of aromatic nitrogens is 3. The Hall–Kier alpha value is -2.58. The lowest BCUT2D eigenvalue weighted by Crippen LogP contribution is -2.35. The summed E-state index contributed by atoms with van der Waals surface area (Å²) in [4.78, 5) is 12.2. The molecule has 134 valence electrons. The van der Waals surface area contributed by atoms with Crippen molar-refractivity contribution >= 4 is 17.2 Å². The highest BCUT2D eigenvalue weighted by Gasteiger charge is 2.33. The van der Waals surface area contributed by atoms with Crippen molar-refractivity contribution in [2.75, 3.05) is 6.54 Å². The Morgan fingerprint density at radius 2 is 2.08 bits per heavy atom. The maximum absolute atomic E-state index is 12.2.